The normalized spacial score (nSPS) is 10.0. The predicted octanol–water partition coefficient (Wildman–Crippen LogP) is 4.20. The zero-order chi connectivity index (χ0) is 12.3. The van der Waals surface area contributed by atoms with Crippen LogP contribution in [-0.2, 0) is 0 Å². The Labute approximate surface area is 105 Å². The van der Waals surface area contributed by atoms with Gasteiger partial charge in [0.1, 0.15) is 6.29 Å². The fourth-order valence-corrected chi connectivity index (χ4v) is 1.85. The van der Waals surface area contributed by atoms with Crippen LogP contribution in [-0.4, -0.2) is 6.29 Å². The van der Waals surface area contributed by atoms with Crippen molar-refractivity contribution in [2.45, 2.75) is 6.92 Å². The lowest BCUT2D eigenvalue weighted by atomic mass is 10.2. The van der Waals surface area contributed by atoms with Crippen molar-refractivity contribution in [1.29, 1.82) is 0 Å². The molecule has 0 aliphatic carbocycles. The summed E-state index contributed by atoms with van der Waals surface area (Å²) in [6, 6.07) is 13.1. The van der Waals surface area contributed by atoms with Crippen molar-refractivity contribution in [1.82, 2.24) is 0 Å². The molecule has 2 aromatic rings. The predicted molar refractivity (Wildman–Crippen MR) is 71.3 cm³/mol. The molecule has 0 aliphatic heterocycles. The number of halogens is 1. The van der Waals surface area contributed by atoms with Gasteiger partial charge in [-0.2, -0.15) is 0 Å². The number of aldehydes is 1. The van der Waals surface area contributed by atoms with Crippen LogP contribution in [0.4, 0.5) is 11.4 Å². The molecular weight excluding hydrogens is 234 g/mol. The van der Waals surface area contributed by atoms with E-state index in [0.717, 1.165) is 23.2 Å². The lowest BCUT2D eigenvalue weighted by molar-refractivity contribution is 0.112. The number of carbonyl (C=O) groups excluding carboxylic acids is 1. The van der Waals surface area contributed by atoms with Crippen molar-refractivity contribution in [2.24, 2.45) is 0 Å². The Morgan fingerprint density at radius 2 is 2.00 bits per heavy atom. The van der Waals surface area contributed by atoms with E-state index in [2.05, 4.69) is 5.32 Å². The van der Waals surface area contributed by atoms with Crippen LogP contribution in [0.1, 0.15) is 15.9 Å². The second kappa shape index (κ2) is 5.02. The highest BCUT2D eigenvalue weighted by Crippen LogP contribution is 2.26. The molecule has 17 heavy (non-hydrogen) atoms. The molecule has 2 rings (SSSR count). The number of carbonyl (C=O) groups is 1. The van der Waals surface area contributed by atoms with Crippen LogP contribution < -0.4 is 5.32 Å². The molecule has 0 fully saturated rings. The summed E-state index contributed by atoms with van der Waals surface area (Å²) in [5.74, 6) is 0. The zero-order valence-electron chi connectivity index (χ0n) is 9.41. The van der Waals surface area contributed by atoms with Gasteiger partial charge in [-0.3, -0.25) is 4.79 Å². The topological polar surface area (TPSA) is 29.1 Å². The van der Waals surface area contributed by atoms with Crippen LogP contribution in [0.5, 0.6) is 0 Å². The van der Waals surface area contributed by atoms with Crippen LogP contribution >= 0.6 is 11.6 Å². The number of benzene rings is 2. The van der Waals surface area contributed by atoms with E-state index in [1.165, 1.54) is 0 Å². The van der Waals surface area contributed by atoms with Gasteiger partial charge in [0.15, 0.2) is 0 Å². The molecule has 0 saturated carbocycles. The molecule has 0 spiro atoms. The van der Waals surface area contributed by atoms with E-state index >= 15 is 0 Å². The minimum atomic E-state index is 0.637. The smallest absolute Gasteiger partial charge is 0.150 e. The Bertz CT molecular complexity index is 552. The number of hydrogen-bond donors (Lipinski definition) is 1. The molecule has 0 bridgehead atoms. The van der Waals surface area contributed by atoms with Gasteiger partial charge < -0.3 is 5.32 Å². The van der Waals surface area contributed by atoms with Crippen LogP contribution in [0.15, 0.2) is 42.5 Å². The molecule has 1 N–H and O–H groups in total. The highest BCUT2D eigenvalue weighted by atomic mass is 35.5. The standard InChI is InChI=1S/C14H12ClNO/c1-10-5-6-14(13(15)7-10)16-12-4-2-3-11(8-12)9-17/h2-9,16H,1H3. The van der Waals surface area contributed by atoms with E-state index in [9.17, 15) is 4.79 Å². The van der Waals surface area contributed by atoms with Gasteiger partial charge in [0.25, 0.3) is 0 Å². The van der Waals surface area contributed by atoms with Crippen molar-refractivity contribution >= 4 is 29.3 Å². The van der Waals surface area contributed by atoms with Crippen LogP contribution in [0, 0.1) is 6.92 Å². The molecule has 0 aromatic heterocycles. The highest BCUT2D eigenvalue weighted by molar-refractivity contribution is 6.33. The third kappa shape index (κ3) is 2.86. The van der Waals surface area contributed by atoms with Gasteiger partial charge in [-0.05, 0) is 36.8 Å². The summed E-state index contributed by atoms with van der Waals surface area (Å²) >= 11 is 6.12. The van der Waals surface area contributed by atoms with Gasteiger partial charge in [-0.1, -0.05) is 29.8 Å². The summed E-state index contributed by atoms with van der Waals surface area (Å²) < 4.78 is 0. The van der Waals surface area contributed by atoms with Crippen molar-refractivity contribution in [2.75, 3.05) is 5.32 Å². The maximum atomic E-state index is 10.7. The van der Waals surface area contributed by atoms with Crippen LogP contribution in [0.25, 0.3) is 0 Å². The van der Waals surface area contributed by atoms with E-state index in [0.29, 0.717) is 10.6 Å². The number of rotatable bonds is 3. The Morgan fingerprint density at radius 1 is 1.18 bits per heavy atom. The number of nitrogens with one attached hydrogen (secondary N) is 1. The molecule has 0 unspecified atom stereocenters. The molecule has 0 heterocycles. The van der Waals surface area contributed by atoms with Crippen molar-refractivity contribution in [3.8, 4) is 0 Å². The third-order valence-corrected chi connectivity index (χ3v) is 2.74. The lowest BCUT2D eigenvalue weighted by Gasteiger charge is -2.09. The third-order valence-electron chi connectivity index (χ3n) is 2.43. The molecule has 0 aliphatic rings. The Morgan fingerprint density at radius 3 is 2.71 bits per heavy atom. The lowest BCUT2D eigenvalue weighted by Crippen LogP contribution is -1.92. The van der Waals surface area contributed by atoms with E-state index in [1.807, 2.05) is 37.3 Å². The van der Waals surface area contributed by atoms with Gasteiger partial charge in [0.2, 0.25) is 0 Å². The molecule has 0 amide bonds. The largest absolute Gasteiger partial charge is 0.354 e. The molecular formula is C14H12ClNO. The molecule has 0 atom stereocenters. The average molecular weight is 246 g/mol. The van der Waals surface area contributed by atoms with Gasteiger partial charge in [0, 0.05) is 11.3 Å². The first-order valence-electron chi connectivity index (χ1n) is 5.27. The zero-order valence-corrected chi connectivity index (χ0v) is 10.2. The fraction of sp³-hybridized carbons (Fsp3) is 0.0714. The summed E-state index contributed by atoms with van der Waals surface area (Å²) in [4.78, 5) is 10.7. The summed E-state index contributed by atoms with van der Waals surface area (Å²) in [5, 5.41) is 3.85. The van der Waals surface area contributed by atoms with Gasteiger partial charge >= 0.3 is 0 Å². The second-order valence-corrected chi connectivity index (χ2v) is 4.26. The molecule has 2 aromatic carbocycles. The van der Waals surface area contributed by atoms with Crippen molar-refractivity contribution in [3.05, 3.63) is 58.6 Å². The minimum absolute atomic E-state index is 0.637. The fourth-order valence-electron chi connectivity index (χ4n) is 1.57. The summed E-state index contributed by atoms with van der Waals surface area (Å²) in [5.41, 5.74) is 3.43. The van der Waals surface area contributed by atoms with Gasteiger partial charge in [-0.25, -0.2) is 0 Å². The van der Waals surface area contributed by atoms with Crippen molar-refractivity contribution < 1.29 is 4.79 Å². The monoisotopic (exact) mass is 245 g/mol. The number of anilines is 2. The van der Waals surface area contributed by atoms with Crippen molar-refractivity contribution in [3.63, 3.8) is 0 Å². The number of hydrogen-bond acceptors (Lipinski definition) is 2. The average Bonchev–Trinajstić information content (AvgIpc) is 2.33. The van der Waals surface area contributed by atoms with Gasteiger partial charge in [0.05, 0.1) is 10.7 Å². The van der Waals surface area contributed by atoms with Gasteiger partial charge in [-0.15, -0.1) is 0 Å². The van der Waals surface area contributed by atoms with E-state index in [4.69, 9.17) is 11.6 Å². The van der Waals surface area contributed by atoms with E-state index < -0.39 is 0 Å². The van der Waals surface area contributed by atoms with E-state index in [1.54, 1.807) is 12.1 Å². The second-order valence-electron chi connectivity index (χ2n) is 3.85. The minimum Gasteiger partial charge on any atom is -0.354 e. The molecule has 2 nitrogen and oxygen atoms in total. The molecule has 86 valence electrons. The maximum Gasteiger partial charge on any atom is 0.150 e. The summed E-state index contributed by atoms with van der Waals surface area (Å²) in [6.45, 7) is 1.99. The summed E-state index contributed by atoms with van der Waals surface area (Å²) in [6.07, 6.45) is 0.821. The molecule has 0 saturated heterocycles. The highest BCUT2D eigenvalue weighted by Gasteiger charge is 2.01. The number of aryl methyl sites for hydroxylation is 1. The Hall–Kier alpha value is -1.80. The first-order chi connectivity index (χ1) is 8.19. The molecule has 0 radical (unpaired) electrons. The van der Waals surface area contributed by atoms with Crippen LogP contribution in [0.3, 0.4) is 0 Å². The Kier molecular flexibility index (Phi) is 3.45. The molecule has 3 heteroatoms. The first kappa shape index (κ1) is 11.7. The SMILES string of the molecule is Cc1ccc(Nc2cccc(C=O)c2)c(Cl)c1. The Balaban J connectivity index is 2.27. The van der Waals surface area contributed by atoms with Crippen LogP contribution in [0.2, 0.25) is 5.02 Å². The van der Waals surface area contributed by atoms with E-state index in [-0.39, 0.29) is 0 Å². The quantitative estimate of drug-likeness (QED) is 0.821. The maximum absolute atomic E-state index is 10.7. The summed E-state index contributed by atoms with van der Waals surface area (Å²) in [7, 11) is 0. The first-order valence-corrected chi connectivity index (χ1v) is 5.65.